The molecule has 1 aliphatic heterocycles. The molecule has 5 nitrogen and oxygen atoms in total. The van der Waals surface area contributed by atoms with Gasteiger partial charge in [0.25, 0.3) is 8.32 Å². The molecule has 1 fully saturated rings. The molecular formula is C31H40O5SSi. The third kappa shape index (κ3) is 5.94. The molecule has 0 spiro atoms. The first-order valence-corrected chi connectivity index (χ1v) is 15.8. The van der Waals surface area contributed by atoms with E-state index in [2.05, 4.69) is 93.6 Å². The molecule has 38 heavy (non-hydrogen) atoms. The minimum atomic E-state index is -2.74. The van der Waals surface area contributed by atoms with Crippen LogP contribution in [0.15, 0.2) is 95.9 Å². The first-order chi connectivity index (χ1) is 18.4. The maximum Gasteiger partial charge on any atom is 0.261 e. The molecule has 3 aromatic carbocycles. The third-order valence-corrected chi connectivity index (χ3v) is 13.4. The number of benzene rings is 3. The Labute approximate surface area is 232 Å². The molecule has 0 aliphatic carbocycles. The minimum absolute atomic E-state index is 0.138. The summed E-state index contributed by atoms with van der Waals surface area (Å²) in [5.74, 6) is 0. The van der Waals surface area contributed by atoms with Crippen LogP contribution in [0.3, 0.4) is 0 Å². The van der Waals surface area contributed by atoms with Crippen LogP contribution in [0.1, 0.15) is 20.8 Å². The molecule has 0 radical (unpaired) electrons. The van der Waals surface area contributed by atoms with E-state index in [1.165, 1.54) is 10.4 Å². The minimum Gasteiger partial charge on any atom is -0.405 e. The highest BCUT2D eigenvalue weighted by Gasteiger charge is 2.53. The molecule has 3 aromatic rings. The highest BCUT2D eigenvalue weighted by atomic mass is 32.2. The van der Waals surface area contributed by atoms with Gasteiger partial charge in [0.15, 0.2) is 0 Å². The van der Waals surface area contributed by atoms with Crippen molar-refractivity contribution in [2.75, 3.05) is 27.9 Å². The van der Waals surface area contributed by atoms with E-state index >= 15 is 0 Å². The van der Waals surface area contributed by atoms with Crippen molar-refractivity contribution in [2.24, 2.45) is 0 Å². The zero-order chi connectivity index (χ0) is 27.2. The summed E-state index contributed by atoms with van der Waals surface area (Å²) in [5, 5.41) is 2.33. The molecule has 7 heteroatoms. The van der Waals surface area contributed by atoms with Gasteiger partial charge in [-0.15, -0.1) is 0 Å². The molecule has 0 saturated carbocycles. The van der Waals surface area contributed by atoms with E-state index in [9.17, 15) is 0 Å². The van der Waals surface area contributed by atoms with Crippen molar-refractivity contribution in [1.82, 2.24) is 0 Å². The van der Waals surface area contributed by atoms with Crippen LogP contribution >= 0.6 is 11.8 Å². The lowest BCUT2D eigenvalue weighted by Gasteiger charge is -2.47. The van der Waals surface area contributed by atoms with Crippen molar-refractivity contribution in [3.63, 3.8) is 0 Å². The topological polar surface area (TPSA) is 46.2 Å². The standard InChI is InChI=1S/C31H40O5SSi/c1-31(2,3)38(24-18-12-8-13-19-24,25-20-14-9-15-21-25)35-22-26-27(32-4)28(33-5)29(34-6)30(36-26)37-23-16-10-7-11-17-23/h7-21,26-30H,22H2,1-6H3/t26-,27-,28+,29+,30-/m1/s1. The molecule has 0 unspecified atom stereocenters. The van der Waals surface area contributed by atoms with Gasteiger partial charge in [0.2, 0.25) is 0 Å². The molecule has 204 valence electrons. The average molecular weight is 553 g/mol. The van der Waals surface area contributed by atoms with Crippen molar-refractivity contribution in [2.45, 2.75) is 60.6 Å². The number of methoxy groups -OCH3 is 3. The van der Waals surface area contributed by atoms with Crippen molar-refractivity contribution < 1.29 is 23.4 Å². The second-order valence-corrected chi connectivity index (χ2v) is 16.0. The van der Waals surface area contributed by atoms with Gasteiger partial charge in [0.05, 0.1) is 6.61 Å². The van der Waals surface area contributed by atoms with Gasteiger partial charge in [0, 0.05) is 26.2 Å². The summed E-state index contributed by atoms with van der Waals surface area (Å²) in [4.78, 5) is 1.11. The molecule has 5 atom stereocenters. The summed E-state index contributed by atoms with van der Waals surface area (Å²) in [5.41, 5.74) is -0.286. The Hall–Kier alpha value is -1.97. The van der Waals surface area contributed by atoms with Crippen LogP contribution < -0.4 is 10.4 Å². The molecule has 1 saturated heterocycles. The summed E-state index contributed by atoms with van der Waals surface area (Å²) in [6.07, 6.45) is -1.32. The molecule has 0 aromatic heterocycles. The van der Waals surface area contributed by atoms with Crippen molar-refractivity contribution in [1.29, 1.82) is 0 Å². The summed E-state index contributed by atoms with van der Waals surface area (Å²) in [6.45, 7) is 7.21. The summed E-state index contributed by atoms with van der Waals surface area (Å²) in [7, 11) is 2.36. The molecule has 0 bridgehead atoms. The second kappa shape index (κ2) is 12.9. The van der Waals surface area contributed by atoms with Crippen LogP contribution in [0.2, 0.25) is 5.04 Å². The highest BCUT2D eigenvalue weighted by molar-refractivity contribution is 7.99. The fourth-order valence-corrected chi connectivity index (χ4v) is 11.3. The molecule has 1 aliphatic rings. The van der Waals surface area contributed by atoms with E-state index in [4.69, 9.17) is 23.4 Å². The maximum absolute atomic E-state index is 7.23. The van der Waals surface area contributed by atoms with Gasteiger partial charge in [0.1, 0.15) is 29.9 Å². The maximum atomic E-state index is 7.23. The fraction of sp³-hybridized carbons (Fsp3) is 0.419. The molecular weight excluding hydrogens is 512 g/mol. The van der Waals surface area contributed by atoms with Crippen LogP contribution in [0.5, 0.6) is 0 Å². The monoisotopic (exact) mass is 552 g/mol. The quantitative estimate of drug-likeness (QED) is 0.325. The Kier molecular flexibility index (Phi) is 9.87. The number of hydrogen-bond acceptors (Lipinski definition) is 6. The summed E-state index contributed by atoms with van der Waals surface area (Å²) >= 11 is 1.64. The summed E-state index contributed by atoms with van der Waals surface area (Å²) < 4.78 is 31.9. The van der Waals surface area contributed by atoms with Gasteiger partial charge in [-0.25, -0.2) is 0 Å². The van der Waals surface area contributed by atoms with E-state index in [1.54, 1.807) is 33.1 Å². The Balaban J connectivity index is 1.70. The van der Waals surface area contributed by atoms with Crippen LogP contribution in [-0.4, -0.2) is 66.1 Å². The lowest BCUT2D eigenvalue weighted by atomic mass is 9.99. The lowest BCUT2D eigenvalue weighted by Crippen LogP contribution is -2.68. The number of thioether (sulfide) groups is 1. The van der Waals surface area contributed by atoms with Crippen LogP contribution in [0.25, 0.3) is 0 Å². The summed E-state index contributed by atoms with van der Waals surface area (Å²) in [6, 6.07) is 31.5. The normalized spacial score (nSPS) is 24.3. The predicted molar refractivity (Wildman–Crippen MR) is 157 cm³/mol. The first-order valence-electron chi connectivity index (χ1n) is 13.1. The Morgan fingerprint density at radius 2 is 1.16 bits per heavy atom. The molecule has 0 amide bonds. The molecule has 4 rings (SSSR count). The fourth-order valence-electron chi connectivity index (χ4n) is 5.51. The van der Waals surface area contributed by atoms with E-state index in [-0.39, 0.29) is 34.9 Å². The smallest absolute Gasteiger partial charge is 0.261 e. The predicted octanol–water partition coefficient (Wildman–Crippen LogP) is 5.13. The first kappa shape index (κ1) is 29.0. The largest absolute Gasteiger partial charge is 0.405 e. The van der Waals surface area contributed by atoms with Gasteiger partial charge in [-0.1, -0.05) is 111 Å². The molecule has 0 N–H and O–H groups in total. The number of rotatable bonds is 10. The molecule has 1 heterocycles. The lowest BCUT2D eigenvalue weighted by molar-refractivity contribution is -0.226. The van der Waals surface area contributed by atoms with E-state index < -0.39 is 8.32 Å². The van der Waals surface area contributed by atoms with Gasteiger partial charge in [-0.2, -0.15) is 0 Å². The van der Waals surface area contributed by atoms with Gasteiger partial charge in [-0.3, -0.25) is 0 Å². The van der Waals surface area contributed by atoms with E-state index in [0.29, 0.717) is 6.61 Å². The zero-order valence-electron chi connectivity index (χ0n) is 23.2. The van der Waals surface area contributed by atoms with E-state index in [0.717, 1.165) is 4.90 Å². The van der Waals surface area contributed by atoms with E-state index in [1.807, 2.05) is 18.2 Å². The average Bonchev–Trinajstić information content (AvgIpc) is 2.94. The Morgan fingerprint density at radius 3 is 1.61 bits per heavy atom. The Morgan fingerprint density at radius 1 is 0.684 bits per heavy atom. The van der Waals surface area contributed by atoms with Gasteiger partial charge >= 0.3 is 0 Å². The number of ether oxygens (including phenoxy) is 4. The zero-order valence-corrected chi connectivity index (χ0v) is 25.0. The van der Waals surface area contributed by atoms with Crippen LogP contribution in [0.4, 0.5) is 0 Å². The van der Waals surface area contributed by atoms with Crippen LogP contribution in [0, 0.1) is 0 Å². The van der Waals surface area contributed by atoms with Crippen molar-refractivity contribution in [3.05, 3.63) is 91.0 Å². The van der Waals surface area contributed by atoms with Crippen LogP contribution in [-0.2, 0) is 23.4 Å². The Bertz CT molecular complexity index is 1070. The number of hydrogen-bond donors (Lipinski definition) is 0. The van der Waals surface area contributed by atoms with Crippen molar-refractivity contribution >= 4 is 30.5 Å². The third-order valence-electron chi connectivity index (χ3n) is 7.28. The van der Waals surface area contributed by atoms with Gasteiger partial charge in [-0.05, 0) is 27.5 Å². The van der Waals surface area contributed by atoms with Gasteiger partial charge < -0.3 is 23.4 Å². The SMILES string of the molecule is CO[C@@H]1[C@H](OC)[C@@H](Sc2ccccc2)O[C@H](CO[Si](c2ccccc2)(c2ccccc2)C(C)(C)C)[C@H]1OC. The highest BCUT2D eigenvalue weighted by Crippen LogP contribution is 2.39. The second-order valence-electron chi connectivity index (χ2n) is 10.5. The van der Waals surface area contributed by atoms with Crippen molar-refractivity contribution in [3.8, 4) is 0 Å².